The molecular formula is C13H15ClF3NO2S. The van der Waals surface area contributed by atoms with Gasteiger partial charge in [0.25, 0.3) is 0 Å². The maximum absolute atomic E-state index is 12.4. The molecule has 1 aromatic rings. The molecule has 0 radical (unpaired) electrons. The van der Waals surface area contributed by atoms with Crippen LogP contribution in [0.5, 0.6) is 0 Å². The summed E-state index contributed by atoms with van der Waals surface area (Å²) in [5, 5.41) is 8.65. The first-order chi connectivity index (χ1) is 9.73. The van der Waals surface area contributed by atoms with E-state index in [2.05, 4.69) is 0 Å². The highest BCUT2D eigenvalue weighted by atomic mass is 35.5. The van der Waals surface area contributed by atoms with Crippen LogP contribution in [-0.2, 0) is 4.79 Å². The molecule has 1 atom stereocenters. The maximum Gasteiger partial charge on any atom is 0.406 e. The van der Waals surface area contributed by atoms with Gasteiger partial charge >= 0.3 is 6.18 Å². The van der Waals surface area contributed by atoms with E-state index >= 15 is 0 Å². The number of hydrogen-bond donors (Lipinski definition) is 1. The molecule has 0 fully saturated rings. The number of nitrogens with zero attached hydrogens (tertiary/aromatic N) is 1. The van der Waals surface area contributed by atoms with Crippen molar-refractivity contribution in [2.75, 3.05) is 19.7 Å². The summed E-state index contributed by atoms with van der Waals surface area (Å²) in [7, 11) is 0. The highest BCUT2D eigenvalue weighted by molar-refractivity contribution is 8.00. The smallest absolute Gasteiger partial charge is 0.395 e. The van der Waals surface area contributed by atoms with Gasteiger partial charge in [-0.25, -0.2) is 0 Å². The maximum atomic E-state index is 12.4. The van der Waals surface area contributed by atoms with Gasteiger partial charge in [0.05, 0.1) is 11.9 Å². The molecule has 21 heavy (non-hydrogen) atoms. The Hall–Kier alpha value is -0.920. The van der Waals surface area contributed by atoms with E-state index < -0.39 is 30.5 Å². The minimum absolute atomic E-state index is 0.343. The molecule has 3 nitrogen and oxygen atoms in total. The third-order valence-corrected chi connectivity index (χ3v) is 3.88. The van der Waals surface area contributed by atoms with Gasteiger partial charge in [0.2, 0.25) is 5.91 Å². The third-order valence-electron chi connectivity index (χ3n) is 2.53. The summed E-state index contributed by atoms with van der Waals surface area (Å²) in [4.78, 5) is 13.4. The Bertz CT molecular complexity index is 467. The Morgan fingerprint density at radius 2 is 1.95 bits per heavy atom. The van der Waals surface area contributed by atoms with E-state index in [0.29, 0.717) is 9.92 Å². The van der Waals surface area contributed by atoms with Gasteiger partial charge in [0, 0.05) is 16.5 Å². The van der Waals surface area contributed by atoms with Crippen LogP contribution in [0.4, 0.5) is 13.2 Å². The quantitative estimate of drug-likeness (QED) is 0.808. The van der Waals surface area contributed by atoms with Crippen LogP contribution in [0.3, 0.4) is 0 Å². The van der Waals surface area contributed by atoms with E-state index in [9.17, 15) is 18.0 Å². The van der Waals surface area contributed by atoms with Gasteiger partial charge in [0.15, 0.2) is 0 Å². The Labute approximate surface area is 130 Å². The predicted molar refractivity (Wildman–Crippen MR) is 76.5 cm³/mol. The number of alkyl halides is 3. The lowest BCUT2D eigenvalue weighted by atomic mass is 10.3. The predicted octanol–water partition coefficient (Wildman–Crippen LogP) is 3.20. The van der Waals surface area contributed by atoms with Crippen molar-refractivity contribution < 1.29 is 23.1 Å². The molecule has 118 valence electrons. The SMILES string of the molecule is CC(Sc1ccc(Cl)cc1)C(=O)N(CCO)CC(F)(F)F. The van der Waals surface area contributed by atoms with Gasteiger partial charge < -0.3 is 10.0 Å². The van der Waals surface area contributed by atoms with Crippen LogP contribution >= 0.6 is 23.4 Å². The van der Waals surface area contributed by atoms with Crippen molar-refractivity contribution in [3.05, 3.63) is 29.3 Å². The molecule has 0 saturated carbocycles. The number of hydrogen-bond acceptors (Lipinski definition) is 3. The van der Waals surface area contributed by atoms with Gasteiger partial charge in [-0.2, -0.15) is 13.2 Å². The second kappa shape index (κ2) is 7.91. The summed E-state index contributed by atoms with van der Waals surface area (Å²) in [6.45, 7) is -0.690. The average molecular weight is 342 g/mol. The van der Waals surface area contributed by atoms with Crippen LogP contribution in [0.25, 0.3) is 0 Å². The Morgan fingerprint density at radius 1 is 1.38 bits per heavy atom. The first-order valence-corrected chi connectivity index (χ1v) is 7.37. The lowest BCUT2D eigenvalue weighted by Crippen LogP contribution is -2.44. The zero-order valence-electron chi connectivity index (χ0n) is 11.2. The second-order valence-electron chi connectivity index (χ2n) is 4.31. The Kier molecular flexibility index (Phi) is 6.83. The van der Waals surface area contributed by atoms with E-state index in [0.717, 1.165) is 16.7 Å². The average Bonchev–Trinajstić information content (AvgIpc) is 2.38. The minimum Gasteiger partial charge on any atom is -0.395 e. The van der Waals surface area contributed by atoms with Crippen molar-refractivity contribution in [3.63, 3.8) is 0 Å². The van der Waals surface area contributed by atoms with Crippen molar-refractivity contribution >= 4 is 29.3 Å². The summed E-state index contributed by atoms with van der Waals surface area (Å²) >= 11 is 6.88. The molecule has 1 N–H and O–H groups in total. The van der Waals surface area contributed by atoms with E-state index in [1.165, 1.54) is 6.92 Å². The number of aliphatic hydroxyl groups excluding tert-OH is 1. The summed E-state index contributed by atoms with van der Waals surface area (Å²) in [5.41, 5.74) is 0. The van der Waals surface area contributed by atoms with Gasteiger partial charge in [-0.1, -0.05) is 11.6 Å². The summed E-state index contributed by atoms with van der Waals surface area (Å²) in [5.74, 6) is -0.665. The van der Waals surface area contributed by atoms with Crippen LogP contribution in [-0.4, -0.2) is 47.0 Å². The number of amides is 1. The number of thioether (sulfide) groups is 1. The summed E-state index contributed by atoms with van der Waals surface area (Å²) in [6.07, 6.45) is -4.49. The molecule has 0 aliphatic rings. The van der Waals surface area contributed by atoms with Gasteiger partial charge in [-0.15, -0.1) is 11.8 Å². The van der Waals surface area contributed by atoms with Gasteiger partial charge in [0.1, 0.15) is 6.54 Å². The van der Waals surface area contributed by atoms with Crippen molar-refractivity contribution in [1.82, 2.24) is 4.90 Å². The zero-order chi connectivity index (χ0) is 16.0. The number of benzene rings is 1. The summed E-state index contributed by atoms with van der Waals surface area (Å²) < 4.78 is 37.3. The molecule has 1 rings (SSSR count). The number of halogens is 4. The molecule has 0 aliphatic carbocycles. The van der Waals surface area contributed by atoms with Crippen molar-refractivity contribution in [1.29, 1.82) is 0 Å². The first-order valence-electron chi connectivity index (χ1n) is 6.11. The number of carbonyl (C=O) groups excluding carboxylic acids is 1. The molecular weight excluding hydrogens is 327 g/mol. The fourth-order valence-corrected chi connectivity index (χ4v) is 2.71. The molecule has 1 aromatic carbocycles. The molecule has 0 aliphatic heterocycles. The lowest BCUT2D eigenvalue weighted by molar-refractivity contribution is -0.161. The number of carbonyl (C=O) groups is 1. The van der Waals surface area contributed by atoms with E-state index in [1.807, 2.05) is 0 Å². The van der Waals surface area contributed by atoms with Crippen LogP contribution in [0.1, 0.15) is 6.92 Å². The topological polar surface area (TPSA) is 40.5 Å². The van der Waals surface area contributed by atoms with Gasteiger partial charge in [-0.05, 0) is 31.2 Å². The molecule has 0 spiro atoms. The standard InChI is InChI=1S/C13H15ClF3NO2S/c1-9(21-11-4-2-10(14)3-5-11)12(20)18(6-7-19)8-13(15,16)17/h2-5,9,19H,6-8H2,1H3. The van der Waals surface area contributed by atoms with Crippen LogP contribution in [0.15, 0.2) is 29.2 Å². The second-order valence-corrected chi connectivity index (χ2v) is 6.16. The summed E-state index contributed by atoms with van der Waals surface area (Å²) in [6, 6.07) is 6.67. The minimum atomic E-state index is -4.49. The van der Waals surface area contributed by atoms with Crippen molar-refractivity contribution in [3.8, 4) is 0 Å². The van der Waals surface area contributed by atoms with Crippen molar-refractivity contribution in [2.24, 2.45) is 0 Å². The fraction of sp³-hybridized carbons (Fsp3) is 0.462. The molecule has 0 aromatic heterocycles. The van der Waals surface area contributed by atoms with Gasteiger partial charge in [-0.3, -0.25) is 4.79 Å². The van der Waals surface area contributed by atoms with Crippen LogP contribution in [0, 0.1) is 0 Å². The fourth-order valence-electron chi connectivity index (χ4n) is 1.63. The Balaban J connectivity index is 2.71. The first kappa shape index (κ1) is 18.1. The number of rotatable bonds is 6. The van der Waals surface area contributed by atoms with E-state index in [4.69, 9.17) is 16.7 Å². The molecule has 1 unspecified atom stereocenters. The highest BCUT2D eigenvalue weighted by Crippen LogP contribution is 2.26. The normalized spacial score (nSPS) is 13.0. The number of aliphatic hydroxyl groups is 1. The third kappa shape index (κ3) is 6.58. The Morgan fingerprint density at radius 3 is 2.43 bits per heavy atom. The highest BCUT2D eigenvalue weighted by Gasteiger charge is 2.34. The molecule has 8 heteroatoms. The molecule has 0 bridgehead atoms. The molecule has 0 saturated heterocycles. The monoisotopic (exact) mass is 341 g/mol. The van der Waals surface area contributed by atoms with E-state index in [-0.39, 0.29) is 6.54 Å². The molecule has 0 heterocycles. The largest absolute Gasteiger partial charge is 0.406 e. The van der Waals surface area contributed by atoms with Crippen LogP contribution in [0.2, 0.25) is 5.02 Å². The lowest BCUT2D eigenvalue weighted by Gasteiger charge is -2.25. The van der Waals surface area contributed by atoms with Crippen molar-refractivity contribution in [2.45, 2.75) is 23.2 Å². The van der Waals surface area contributed by atoms with Crippen LogP contribution < -0.4 is 0 Å². The molecule has 1 amide bonds. The van der Waals surface area contributed by atoms with E-state index in [1.54, 1.807) is 24.3 Å². The zero-order valence-corrected chi connectivity index (χ0v) is 12.8.